The predicted molar refractivity (Wildman–Crippen MR) is 370 cm³/mol. The lowest BCUT2D eigenvalue weighted by Gasteiger charge is -2.22. The summed E-state index contributed by atoms with van der Waals surface area (Å²) in [5, 5.41) is 23.5. The monoisotopic (exact) mass is 1180 g/mol. The van der Waals surface area contributed by atoms with E-state index in [0.29, 0.717) is 25.9 Å². The van der Waals surface area contributed by atoms with E-state index >= 15 is 0 Å². The Morgan fingerprint density at radius 1 is 0.321 bits per heavy atom. The van der Waals surface area contributed by atoms with Crippen molar-refractivity contribution < 1.29 is 24.5 Å². The van der Waals surface area contributed by atoms with Crippen molar-refractivity contribution in [1.29, 1.82) is 0 Å². The van der Waals surface area contributed by atoms with Crippen molar-refractivity contribution in [2.75, 3.05) is 13.2 Å². The van der Waals surface area contributed by atoms with Gasteiger partial charge in [-0.05, 0) is 51.4 Å². The summed E-state index contributed by atoms with van der Waals surface area (Å²) in [4.78, 5) is 24.6. The van der Waals surface area contributed by atoms with Gasteiger partial charge in [0.25, 0.3) is 0 Å². The third-order valence-corrected chi connectivity index (χ3v) is 18.6. The Hall–Kier alpha value is -1.40. The standard InChI is InChI=1S/C78H153NO5/c1-3-5-7-9-11-13-15-17-18-19-20-21-34-37-40-43-47-50-54-58-62-66-70-76(81)75(74-80)79-77(82)71-67-63-59-55-51-48-44-41-38-35-32-30-28-26-24-22-23-25-27-29-31-33-36-39-42-45-49-53-57-61-65-69-73-84-78(83)72-68-64-60-56-52-46-16-14-12-10-8-6-4-2/h25,27,75-76,80-81H,3-24,26,28-74H2,1-2H3,(H,79,82)/b27-25-. The van der Waals surface area contributed by atoms with Gasteiger partial charge in [0.05, 0.1) is 25.4 Å². The molecule has 6 heteroatoms. The van der Waals surface area contributed by atoms with Crippen LogP contribution in [0.2, 0.25) is 0 Å². The first-order valence-corrected chi connectivity index (χ1v) is 38.9. The second-order valence-corrected chi connectivity index (χ2v) is 27.0. The van der Waals surface area contributed by atoms with Crippen molar-refractivity contribution in [3.05, 3.63) is 12.2 Å². The van der Waals surface area contributed by atoms with Crippen LogP contribution in [0.3, 0.4) is 0 Å². The lowest BCUT2D eigenvalue weighted by atomic mass is 10.0. The van der Waals surface area contributed by atoms with Crippen LogP contribution in [0, 0.1) is 0 Å². The van der Waals surface area contributed by atoms with Gasteiger partial charge in [-0.1, -0.05) is 398 Å². The molecule has 6 nitrogen and oxygen atoms in total. The largest absolute Gasteiger partial charge is 0.466 e. The molecular formula is C78H153NO5. The van der Waals surface area contributed by atoms with E-state index in [4.69, 9.17) is 4.74 Å². The summed E-state index contributed by atoms with van der Waals surface area (Å²) in [7, 11) is 0. The van der Waals surface area contributed by atoms with Gasteiger partial charge < -0.3 is 20.3 Å². The molecule has 1 amide bonds. The summed E-state index contributed by atoms with van der Waals surface area (Å²) >= 11 is 0. The highest BCUT2D eigenvalue weighted by molar-refractivity contribution is 5.76. The van der Waals surface area contributed by atoms with E-state index in [0.717, 1.165) is 38.5 Å². The first kappa shape index (κ1) is 82.6. The fourth-order valence-electron chi connectivity index (χ4n) is 12.6. The number of rotatable bonds is 74. The summed E-state index contributed by atoms with van der Waals surface area (Å²) in [5.41, 5.74) is 0. The highest BCUT2D eigenvalue weighted by Gasteiger charge is 2.20. The van der Waals surface area contributed by atoms with E-state index in [1.165, 1.54) is 379 Å². The summed E-state index contributed by atoms with van der Waals surface area (Å²) in [5.74, 6) is -0.00565. The van der Waals surface area contributed by atoms with Crippen molar-refractivity contribution in [3.8, 4) is 0 Å². The predicted octanol–water partition coefficient (Wildman–Crippen LogP) is 25.5. The van der Waals surface area contributed by atoms with Gasteiger partial charge in [-0.2, -0.15) is 0 Å². The Balaban J connectivity index is 3.35. The molecule has 0 aliphatic rings. The van der Waals surface area contributed by atoms with Crippen molar-refractivity contribution in [1.82, 2.24) is 5.32 Å². The lowest BCUT2D eigenvalue weighted by Crippen LogP contribution is -2.45. The number of nitrogens with one attached hydrogen (secondary N) is 1. The average Bonchev–Trinajstić information content (AvgIpc) is 3.53. The highest BCUT2D eigenvalue weighted by atomic mass is 16.5. The van der Waals surface area contributed by atoms with Gasteiger partial charge in [0, 0.05) is 12.8 Å². The van der Waals surface area contributed by atoms with E-state index in [2.05, 4.69) is 31.3 Å². The minimum absolute atomic E-state index is 0.0209. The number of hydrogen-bond acceptors (Lipinski definition) is 5. The number of allylic oxidation sites excluding steroid dienone is 2. The first-order valence-electron chi connectivity index (χ1n) is 38.9. The Morgan fingerprint density at radius 2 is 0.560 bits per heavy atom. The van der Waals surface area contributed by atoms with E-state index in [-0.39, 0.29) is 18.5 Å². The Labute approximate surface area is 527 Å². The van der Waals surface area contributed by atoms with E-state index < -0.39 is 12.1 Å². The number of unbranched alkanes of at least 4 members (excludes halogenated alkanes) is 61. The van der Waals surface area contributed by atoms with Crippen LogP contribution in [0.5, 0.6) is 0 Å². The van der Waals surface area contributed by atoms with Gasteiger partial charge in [0.1, 0.15) is 0 Å². The minimum atomic E-state index is -0.663. The Morgan fingerprint density at radius 3 is 0.845 bits per heavy atom. The molecule has 0 bridgehead atoms. The number of hydrogen-bond donors (Lipinski definition) is 3. The van der Waals surface area contributed by atoms with Crippen LogP contribution < -0.4 is 5.32 Å². The first-order chi connectivity index (χ1) is 41.5. The summed E-state index contributed by atoms with van der Waals surface area (Å²) in [6.07, 6.45) is 93.0. The lowest BCUT2D eigenvalue weighted by molar-refractivity contribution is -0.143. The Bertz CT molecular complexity index is 1270. The van der Waals surface area contributed by atoms with Gasteiger partial charge in [0.15, 0.2) is 0 Å². The molecular weight excluding hydrogens is 1030 g/mol. The normalized spacial score (nSPS) is 12.5. The van der Waals surface area contributed by atoms with Crippen LogP contribution in [0.4, 0.5) is 0 Å². The molecule has 0 aliphatic carbocycles. The maximum atomic E-state index is 12.6. The number of amides is 1. The molecule has 0 rings (SSSR count). The zero-order valence-electron chi connectivity index (χ0n) is 57.4. The van der Waals surface area contributed by atoms with Crippen LogP contribution in [0.25, 0.3) is 0 Å². The zero-order chi connectivity index (χ0) is 60.6. The number of esters is 1. The fourth-order valence-corrected chi connectivity index (χ4v) is 12.6. The number of ether oxygens (including phenoxy) is 1. The van der Waals surface area contributed by atoms with Crippen molar-refractivity contribution in [3.63, 3.8) is 0 Å². The minimum Gasteiger partial charge on any atom is -0.466 e. The molecule has 3 N–H and O–H groups in total. The molecule has 0 aromatic heterocycles. The highest BCUT2D eigenvalue weighted by Crippen LogP contribution is 2.20. The van der Waals surface area contributed by atoms with Crippen LogP contribution in [0.1, 0.15) is 450 Å². The molecule has 84 heavy (non-hydrogen) atoms. The number of carbonyl (C=O) groups excluding carboxylic acids is 2. The topological polar surface area (TPSA) is 95.9 Å². The van der Waals surface area contributed by atoms with Gasteiger partial charge in [-0.3, -0.25) is 9.59 Å². The fraction of sp³-hybridized carbons (Fsp3) is 0.949. The molecule has 0 saturated heterocycles. The molecule has 500 valence electrons. The molecule has 0 aromatic carbocycles. The molecule has 0 fully saturated rings. The molecule has 2 atom stereocenters. The smallest absolute Gasteiger partial charge is 0.305 e. The molecule has 0 saturated carbocycles. The Kier molecular flexibility index (Phi) is 72.8. The maximum Gasteiger partial charge on any atom is 0.305 e. The molecule has 0 aliphatic heterocycles. The molecule has 0 spiro atoms. The number of aliphatic hydroxyl groups is 2. The average molecular weight is 1190 g/mol. The number of aliphatic hydroxyl groups excluding tert-OH is 2. The van der Waals surface area contributed by atoms with Crippen molar-refractivity contribution in [2.45, 2.75) is 463 Å². The van der Waals surface area contributed by atoms with Crippen LogP contribution in [0.15, 0.2) is 12.2 Å². The van der Waals surface area contributed by atoms with Crippen LogP contribution in [-0.2, 0) is 14.3 Å². The van der Waals surface area contributed by atoms with Crippen LogP contribution >= 0.6 is 0 Å². The summed E-state index contributed by atoms with van der Waals surface area (Å²) in [6, 6.07) is -0.540. The summed E-state index contributed by atoms with van der Waals surface area (Å²) < 4.78 is 5.49. The molecule has 2 unspecified atom stereocenters. The third-order valence-electron chi connectivity index (χ3n) is 18.6. The quantitative estimate of drug-likeness (QED) is 0.0320. The second-order valence-electron chi connectivity index (χ2n) is 27.0. The van der Waals surface area contributed by atoms with Gasteiger partial charge >= 0.3 is 5.97 Å². The van der Waals surface area contributed by atoms with Crippen molar-refractivity contribution in [2.24, 2.45) is 0 Å². The second kappa shape index (κ2) is 74.1. The van der Waals surface area contributed by atoms with Crippen molar-refractivity contribution >= 4 is 11.9 Å². The molecule has 0 aromatic rings. The molecule has 0 radical (unpaired) electrons. The summed E-state index contributed by atoms with van der Waals surface area (Å²) in [6.45, 7) is 5.01. The SMILES string of the molecule is CCCCCCCCCCCCCCCCCCCCCCCCC(O)C(CO)NC(=O)CCCCCCCCCCCCCCCCCC/C=C\CCCCCCCCCCCCCCOC(=O)CCCCCCCCCCCCCCC. The third kappa shape index (κ3) is 69.7. The maximum absolute atomic E-state index is 12.6. The van der Waals surface area contributed by atoms with Gasteiger partial charge in [-0.15, -0.1) is 0 Å². The van der Waals surface area contributed by atoms with Gasteiger partial charge in [0.2, 0.25) is 5.91 Å². The van der Waals surface area contributed by atoms with Crippen LogP contribution in [-0.4, -0.2) is 47.4 Å². The van der Waals surface area contributed by atoms with E-state index in [1.54, 1.807) is 0 Å². The zero-order valence-corrected chi connectivity index (χ0v) is 57.4. The molecule has 0 heterocycles. The van der Waals surface area contributed by atoms with Gasteiger partial charge in [-0.25, -0.2) is 0 Å². The van der Waals surface area contributed by atoms with E-state index in [1.807, 2.05) is 0 Å². The van der Waals surface area contributed by atoms with E-state index in [9.17, 15) is 19.8 Å². The number of carbonyl (C=O) groups is 2.